The van der Waals surface area contributed by atoms with Crippen LogP contribution in [0.15, 0.2) is 18.2 Å². The van der Waals surface area contributed by atoms with Crippen LogP contribution in [0.2, 0.25) is 0 Å². The molecular weight excluding hydrogens is 308 g/mol. The minimum absolute atomic E-state index is 0.00717. The number of rotatable bonds is 6. The highest BCUT2D eigenvalue weighted by Gasteiger charge is 2.11. The number of alkyl halides is 1. The molecule has 0 fully saturated rings. The van der Waals surface area contributed by atoms with Gasteiger partial charge < -0.3 is 9.47 Å². The predicted molar refractivity (Wildman–Crippen MR) is 70.8 cm³/mol. The second-order valence-electron chi connectivity index (χ2n) is 3.56. The number of benzene rings is 1. The Morgan fingerprint density at radius 1 is 1.35 bits per heavy atom. The topological polar surface area (TPSA) is 52.6 Å². The van der Waals surface area contributed by atoms with Gasteiger partial charge >= 0.3 is 0 Å². The maximum Gasteiger partial charge on any atom is 0.165 e. The fourth-order valence-corrected chi connectivity index (χ4v) is 2.11. The van der Waals surface area contributed by atoms with Crippen molar-refractivity contribution in [3.8, 4) is 11.5 Å². The fourth-order valence-electron chi connectivity index (χ4n) is 1.29. The van der Waals surface area contributed by atoms with E-state index in [0.29, 0.717) is 16.8 Å². The van der Waals surface area contributed by atoms with Crippen molar-refractivity contribution in [3.63, 3.8) is 0 Å². The van der Waals surface area contributed by atoms with E-state index >= 15 is 0 Å². The third-order valence-corrected chi connectivity index (χ3v) is 3.64. The zero-order valence-electron chi connectivity index (χ0n) is 9.77. The summed E-state index contributed by atoms with van der Waals surface area (Å²) in [5.41, 5.74) is 0.929. The summed E-state index contributed by atoms with van der Waals surface area (Å²) in [6.45, 7) is 0.124. The van der Waals surface area contributed by atoms with Gasteiger partial charge in [-0.15, -0.1) is 0 Å². The van der Waals surface area contributed by atoms with Crippen molar-refractivity contribution >= 4 is 25.8 Å². The van der Waals surface area contributed by atoms with Crippen molar-refractivity contribution in [2.75, 3.05) is 25.7 Å². The van der Waals surface area contributed by atoms with Gasteiger partial charge in [-0.3, -0.25) is 0 Å². The molecule has 0 unspecified atom stereocenters. The van der Waals surface area contributed by atoms with E-state index in [0.717, 1.165) is 5.56 Å². The SMILES string of the molecule is COc1cccc(CBr)c1OCCS(C)(=O)=O. The lowest BCUT2D eigenvalue weighted by atomic mass is 10.2. The molecule has 6 heteroatoms. The standard InChI is InChI=1S/C11H15BrO4S/c1-15-10-5-3-4-9(8-12)11(10)16-6-7-17(2,13)14/h3-5H,6-8H2,1-2H3. The van der Waals surface area contributed by atoms with Crippen molar-refractivity contribution in [2.45, 2.75) is 5.33 Å². The lowest BCUT2D eigenvalue weighted by Gasteiger charge is -2.13. The van der Waals surface area contributed by atoms with E-state index < -0.39 is 9.84 Å². The zero-order valence-corrected chi connectivity index (χ0v) is 12.2. The van der Waals surface area contributed by atoms with Crippen LogP contribution in [0, 0.1) is 0 Å². The summed E-state index contributed by atoms with van der Waals surface area (Å²) in [6, 6.07) is 5.54. The molecule has 0 atom stereocenters. The number of halogens is 1. The number of para-hydroxylation sites is 1. The van der Waals surface area contributed by atoms with Crippen LogP contribution < -0.4 is 9.47 Å². The largest absolute Gasteiger partial charge is 0.493 e. The highest BCUT2D eigenvalue weighted by atomic mass is 79.9. The lowest BCUT2D eigenvalue weighted by molar-refractivity contribution is 0.309. The van der Waals surface area contributed by atoms with Crippen molar-refractivity contribution in [3.05, 3.63) is 23.8 Å². The molecule has 0 saturated carbocycles. The van der Waals surface area contributed by atoms with Gasteiger partial charge in [-0.25, -0.2) is 8.42 Å². The predicted octanol–water partition coefficient (Wildman–Crippen LogP) is 2.01. The van der Waals surface area contributed by atoms with Crippen molar-refractivity contribution in [1.82, 2.24) is 0 Å². The summed E-state index contributed by atoms with van der Waals surface area (Å²) in [5, 5.41) is 0.623. The highest BCUT2D eigenvalue weighted by Crippen LogP contribution is 2.32. The summed E-state index contributed by atoms with van der Waals surface area (Å²) in [6.07, 6.45) is 1.18. The van der Waals surface area contributed by atoms with Crippen LogP contribution in [-0.4, -0.2) is 34.1 Å². The molecule has 0 aliphatic heterocycles. The van der Waals surface area contributed by atoms with Gasteiger partial charge in [0.1, 0.15) is 6.61 Å². The number of hydrogen-bond donors (Lipinski definition) is 0. The molecule has 0 spiro atoms. The van der Waals surface area contributed by atoms with Gasteiger partial charge in [0.05, 0.1) is 12.9 Å². The van der Waals surface area contributed by atoms with Crippen LogP contribution in [0.3, 0.4) is 0 Å². The number of ether oxygens (including phenoxy) is 2. The van der Waals surface area contributed by atoms with E-state index in [1.165, 1.54) is 6.26 Å². The minimum Gasteiger partial charge on any atom is -0.493 e. The molecule has 0 amide bonds. The summed E-state index contributed by atoms with van der Waals surface area (Å²) in [5.74, 6) is 1.19. The van der Waals surface area contributed by atoms with Gasteiger partial charge in [0.15, 0.2) is 21.3 Å². The van der Waals surface area contributed by atoms with E-state index in [-0.39, 0.29) is 12.4 Å². The molecule has 0 bridgehead atoms. The van der Waals surface area contributed by atoms with Crippen molar-refractivity contribution < 1.29 is 17.9 Å². The van der Waals surface area contributed by atoms with E-state index in [1.54, 1.807) is 13.2 Å². The smallest absolute Gasteiger partial charge is 0.165 e. The van der Waals surface area contributed by atoms with Gasteiger partial charge in [-0.05, 0) is 6.07 Å². The molecule has 1 aromatic rings. The van der Waals surface area contributed by atoms with Gasteiger partial charge in [0, 0.05) is 17.1 Å². The Morgan fingerprint density at radius 2 is 2.06 bits per heavy atom. The van der Waals surface area contributed by atoms with E-state index in [1.807, 2.05) is 12.1 Å². The van der Waals surface area contributed by atoms with Crippen LogP contribution in [0.1, 0.15) is 5.56 Å². The summed E-state index contributed by atoms with van der Waals surface area (Å²) < 4.78 is 32.7. The van der Waals surface area contributed by atoms with Gasteiger partial charge in [-0.1, -0.05) is 28.1 Å². The fraction of sp³-hybridized carbons (Fsp3) is 0.455. The van der Waals surface area contributed by atoms with Crippen LogP contribution in [-0.2, 0) is 15.2 Å². The first-order chi connectivity index (χ1) is 7.98. The normalized spacial score (nSPS) is 11.2. The number of hydrogen-bond acceptors (Lipinski definition) is 4. The highest BCUT2D eigenvalue weighted by molar-refractivity contribution is 9.08. The van der Waals surface area contributed by atoms with E-state index in [4.69, 9.17) is 9.47 Å². The lowest BCUT2D eigenvalue weighted by Crippen LogP contribution is -2.13. The van der Waals surface area contributed by atoms with Gasteiger partial charge in [0.25, 0.3) is 0 Å². The molecular formula is C11H15BrO4S. The summed E-state index contributed by atoms with van der Waals surface area (Å²) in [4.78, 5) is 0. The molecule has 1 aromatic carbocycles. The molecule has 0 heterocycles. The maximum absolute atomic E-state index is 11.0. The first-order valence-electron chi connectivity index (χ1n) is 5.00. The average molecular weight is 323 g/mol. The number of methoxy groups -OCH3 is 1. The van der Waals surface area contributed by atoms with Crippen LogP contribution in [0.4, 0.5) is 0 Å². The summed E-state index contributed by atoms with van der Waals surface area (Å²) >= 11 is 3.35. The zero-order chi connectivity index (χ0) is 12.9. The van der Waals surface area contributed by atoms with Gasteiger partial charge in [0.2, 0.25) is 0 Å². The Kier molecular flexibility index (Phi) is 5.27. The Morgan fingerprint density at radius 3 is 2.59 bits per heavy atom. The second-order valence-corrected chi connectivity index (χ2v) is 6.38. The van der Waals surface area contributed by atoms with Crippen molar-refractivity contribution in [1.29, 1.82) is 0 Å². The second kappa shape index (κ2) is 6.26. The van der Waals surface area contributed by atoms with Gasteiger partial charge in [-0.2, -0.15) is 0 Å². The molecule has 1 rings (SSSR count). The molecule has 0 aliphatic carbocycles. The van der Waals surface area contributed by atoms with Crippen LogP contribution >= 0.6 is 15.9 Å². The van der Waals surface area contributed by atoms with Crippen LogP contribution in [0.5, 0.6) is 11.5 Å². The molecule has 0 saturated heterocycles. The Hall–Kier alpha value is -0.750. The van der Waals surface area contributed by atoms with Crippen LogP contribution in [0.25, 0.3) is 0 Å². The first-order valence-corrected chi connectivity index (χ1v) is 8.18. The Balaban J connectivity index is 2.81. The third-order valence-electron chi connectivity index (χ3n) is 2.12. The molecule has 17 heavy (non-hydrogen) atoms. The molecule has 0 radical (unpaired) electrons. The molecule has 0 aliphatic rings. The molecule has 0 N–H and O–H groups in total. The Labute approximate surface area is 110 Å². The summed E-state index contributed by atoms with van der Waals surface area (Å²) in [7, 11) is -1.46. The molecule has 0 aromatic heterocycles. The number of sulfone groups is 1. The monoisotopic (exact) mass is 322 g/mol. The molecule has 96 valence electrons. The Bertz CT molecular complexity index is 448. The molecule has 4 nitrogen and oxygen atoms in total. The maximum atomic E-state index is 11.0. The van der Waals surface area contributed by atoms with Crippen molar-refractivity contribution in [2.24, 2.45) is 0 Å². The first kappa shape index (κ1) is 14.3. The van der Waals surface area contributed by atoms with E-state index in [2.05, 4.69) is 15.9 Å². The third kappa shape index (κ3) is 4.55. The average Bonchev–Trinajstić information content (AvgIpc) is 2.27. The quantitative estimate of drug-likeness (QED) is 0.752. The minimum atomic E-state index is -3.01. The van der Waals surface area contributed by atoms with E-state index in [9.17, 15) is 8.42 Å².